The summed E-state index contributed by atoms with van der Waals surface area (Å²) in [5.41, 5.74) is 3.30. The van der Waals surface area contributed by atoms with Crippen LogP contribution in [0, 0.1) is 6.92 Å². The first kappa shape index (κ1) is 27.6. The summed E-state index contributed by atoms with van der Waals surface area (Å²) in [5, 5.41) is 11.5. The van der Waals surface area contributed by atoms with Crippen LogP contribution in [0.4, 0.5) is 0 Å². The molecule has 4 rings (SSSR count). The molecular formula is C31H39N2O5+. The third-order valence-electron chi connectivity index (χ3n) is 7.36. The number of aryl methyl sites for hydroxylation is 1. The molecule has 202 valence electrons. The topological polar surface area (TPSA) is 80.5 Å². The van der Waals surface area contributed by atoms with Crippen LogP contribution in [0.3, 0.4) is 0 Å². The lowest BCUT2D eigenvalue weighted by Crippen LogP contribution is -3.14. The van der Waals surface area contributed by atoms with Crippen LogP contribution in [0.25, 0.3) is 5.76 Å². The van der Waals surface area contributed by atoms with E-state index < -0.39 is 17.7 Å². The smallest absolute Gasteiger partial charge is 0.295 e. The molecule has 0 spiro atoms. The SMILES string of the molecule is C=CCOc1ccc(C(O)=C2C(=O)C(=O)N(CC[NH+]3CCOCC3)[C@@H]2c2ccc(C(C)(C)C)cc2)c(C)c1. The summed E-state index contributed by atoms with van der Waals surface area (Å²) in [6, 6.07) is 12.6. The van der Waals surface area contributed by atoms with E-state index in [0.717, 1.165) is 29.8 Å². The summed E-state index contributed by atoms with van der Waals surface area (Å²) >= 11 is 0. The van der Waals surface area contributed by atoms with Crippen molar-refractivity contribution in [2.45, 2.75) is 39.2 Å². The Balaban J connectivity index is 1.75. The van der Waals surface area contributed by atoms with Crippen LogP contribution in [0.5, 0.6) is 5.75 Å². The van der Waals surface area contributed by atoms with Gasteiger partial charge in [-0.2, -0.15) is 0 Å². The van der Waals surface area contributed by atoms with Crippen LogP contribution in [0.15, 0.2) is 60.7 Å². The maximum atomic E-state index is 13.4. The van der Waals surface area contributed by atoms with Crippen molar-refractivity contribution in [3.8, 4) is 5.75 Å². The number of carbonyl (C=O) groups is 2. The number of aliphatic hydroxyl groups excluding tert-OH is 1. The first-order chi connectivity index (χ1) is 18.1. The lowest BCUT2D eigenvalue weighted by molar-refractivity contribution is -0.907. The molecule has 1 amide bonds. The first-order valence-electron chi connectivity index (χ1n) is 13.3. The fourth-order valence-corrected chi connectivity index (χ4v) is 5.10. The molecule has 0 radical (unpaired) electrons. The van der Waals surface area contributed by atoms with Crippen LogP contribution >= 0.6 is 0 Å². The van der Waals surface area contributed by atoms with Gasteiger partial charge in [-0.3, -0.25) is 9.59 Å². The quantitative estimate of drug-likeness (QED) is 0.242. The summed E-state index contributed by atoms with van der Waals surface area (Å²) in [7, 11) is 0. The molecule has 2 N–H and O–H groups in total. The number of amides is 1. The first-order valence-corrected chi connectivity index (χ1v) is 13.3. The maximum absolute atomic E-state index is 13.4. The Hall–Kier alpha value is -3.42. The molecule has 2 saturated heterocycles. The minimum atomic E-state index is -0.666. The number of ketones is 1. The highest BCUT2D eigenvalue weighted by atomic mass is 16.5. The van der Waals surface area contributed by atoms with E-state index in [2.05, 4.69) is 27.4 Å². The van der Waals surface area contributed by atoms with Crippen molar-refractivity contribution >= 4 is 17.4 Å². The molecular weight excluding hydrogens is 480 g/mol. The molecule has 1 atom stereocenters. The number of rotatable bonds is 8. The normalized spacial score (nSPS) is 20.1. The van der Waals surface area contributed by atoms with Crippen molar-refractivity contribution in [3.63, 3.8) is 0 Å². The van der Waals surface area contributed by atoms with Crippen molar-refractivity contribution in [1.82, 2.24) is 4.90 Å². The zero-order valence-electron chi connectivity index (χ0n) is 22.9. The Labute approximate surface area is 225 Å². The van der Waals surface area contributed by atoms with Crippen molar-refractivity contribution < 1.29 is 29.1 Å². The van der Waals surface area contributed by atoms with Gasteiger partial charge in [-0.15, -0.1) is 0 Å². The summed E-state index contributed by atoms with van der Waals surface area (Å²) in [6.07, 6.45) is 1.66. The maximum Gasteiger partial charge on any atom is 0.295 e. The monoisotopic (exact) mass is 519 g/mol. The molecule has 0 aliphatic carbocycles. The van der Waals surface area contributed by atoms with Gasteiger partial charge in [0.2, 0.25) is 0 Å². The van der Waals surface area contributed by atoms with E-state index in [1.165, 1.54) is 4.90 Å². The molecule has 2 aliphatic rings. The molecule has 2 fully saturated rings. The number of likely N-dealkylation sites (tertiary alicyclic amines) is 1. The van der Waals surface area contributed by atoms with Crippen LogP contribution in [0.2, 0.25) is 0 Å². The van der Waals surface area contributed by atoms with Gasteiger partial charge < -0.3 is 24.4 Å². The highest BCUT2D eigenvalue weighted by molar-refractivity contribution is 6.46. The van der Waals surface area contributed by atoms with Crippen LogP contribution in [-0.4, -0.2) is 67.7 Å². The highest BCUT2D eigenvalue weighted by Crippen LogP contribution is 2.40. The average Bonchev–Trinajstić information content (AvgIpc) is 3.15. The predicted molar refractivity (Wildman–Crippen MR) is 147 cm³/mol. The fourth-order valence-electron chi connectivity index (χ4n) is 5.10. The van der Waals surface area contributed by atoms with Gasteiger partial charge in [0.15, 0.2) is 0 Å². The van der Waals surface area contributed by atoms with Crippen molar-refractivity contribution in [2.24, 2.45) is 0 Å². The molecule has 2 aromatic carbocycles. The lowest BCUT2D eigenvalue weighted by atomic mass is 9.85. The predicted octanol–water partition coefficient (Wildman–Crippen LogP) is 3.19. The van der Waals surface area contributed by atoms with Gasteiger partial charge in [0.05, 0.1) is 37.9 Å². The van der Waals surface area contributed by atoms with Gasteiger partial charge in [0, 0.05) is 5.56 Å². The third-order valence-corrected chi connectivity index (χ3v) is 7.36. The van der Waals surface area contributed by atoms with E-state index >= 15 is 0 Å². The number of aliphatic hydroxyl groups is 1. The number of Topliss-reactive ketones (excluding diaryl/α,β-unsaturated/α-hetero) is 1. The minimum absolute atomic E-state index is 0.0352. The van der Waals surface area contributed by atoms with Crippen LogP contribution in [0.1, 0.15) is 49.1 Å². The summed E-state index contributed by atoms with van der Waals surface area (Å²) < 4.78 is 11.1. The average molecular weight is 520 g/mol. The van der Waals surface area contributed by atoms with E-state index in [0.29, 0.717) is 44.2 Å². The van der Waals surface area contributed by atoms with Crippen molar-refractivity contribution in [1.29, 1.82) is 0 Å². The van der Waals surface area contributed by atoms with Gasteiger partial charge in [-0.1, -0.05) is 57.7 Å². The van der Waals surface area contributed by atoms with Gasteiger partial charge in [0.25, 0.3) is 11.7 Å². The molecule has 7 nitrogen and oxygen atoms in total. The number of carbonyl (C=O) groups excluding carboxylic acids is 2. The standard InChI is InChI=1S/C31H38N2O5/c1-6-17-38-24-11-12-25(21(2)20-24)28(34)26-27(22-7-9-23(10-8-22)31(3,4)5)33(30(36)29(26)35)14-13-32-15-18-37-19-16-32/h6-12,20,27,34H,1,13-19H2,2-5H3/p+1/t27-/m1/s1. The number of morpholine rings is 1. The third kappa shape index (κ3) is 5.84. The van der Waals surface area contributed by atoms with Crippen molar-refractivity contribution in [3.05, 3.63) is 82.9 Å². The molecule has 7 heteroatoms. The van der Waals surface area contributed by atoms with Crippen LogP contribution < -0.4 is 9.64 Å². The zero-order valence-corrected chi connectivity index (χ0v) is 22.9. The Morgan fingerprint density at radius 2 is 1.84 bits per heavy atom. The van der Waals surface area contributed by atoms with Gasteiger partial charge in [-0.25, -0.2) is 0 Å². The van der Waals surface area contributed by atoms with E-state index in [4.69, 9.17) is 9.47 Å². The van der Waals surface area contributed by atoms with Gasteiger partial charge in [-0.05, 0) is 47.2 Å². The van der Waals surface area contributed by atoms with Gasteiger partial charge in [0.1, 0.15) is 31.2 Å². The second-order valence-electron chi connectivity index (χ2n) is 11.1. The molecule has 0 saturated carbocycles. The minimum Gasteiger partial charge on any atom is -0.507 e. The van der Waals surface area contributed by atoms with Crippen molar-refractivity contribution in [2.75, 3.05) is 46.0 Å². The second-order valence-corrected chi connectivity index (χ2v) is 11.1. The molecule has 2 aromatic rings. The Morgan fingerprint density at radius 3 is 2.45 bits per heavy atom. The molecule has 0 aromatic heterocycles. The zero-order chi connectivity index (χ0) is 27.4. The molecule has 0 bridgehead atoms. The highest BCUT2D eigenvalue weighted by Gasteiger charge is 2.46. The number of ether oxygens (including phenoxy) is 2. The summed E-state index contributed by atoms with van der Waals surface area (Å²) in [6.45, 7) is 16.6. The summed E-state index contributed by atoms with van der Waals surface area (Å²) in [5.74, 6) is -0.757. The number of nitrogens with zero attached hydrogens (tertiary/aromatic N) is 1. The molecule has 38 heavy (non-hydrogen) atoms. The lowest BCUT2D eigenvalue weighted by Gasteiger charge is -2.29. The largest absolute Gasteiger partial charge is 0.507 e. The van der Waals surface area contributed by atoms with E-state index in [1.54, 1.807) is 23.1 Å². The van der Waals surface area contributed by atoms with E-state index in [-0.39, 0.29) is 16.7 Å². The Kier molecular flexibility index (Phi) is 8.38. The van der Waals surface area contributed by atoms with Crippen LogP contribution in [-0.2, 0) is 19.7 Å². The molecule has 2 heterocycles. The number of hydrogen-bond acceptors (Lipinski definition) is 5. The fraction of sp³-hybridized carbons (Fsp3) is 0.419. The number of hydrogen-bond donors (Lipinski definition) is 2. The second kappa shape index (κ2) is 11.5. The Bertz CT molecular complexity index is 1220. The number of benzene rings is 2. The number of quaternary nitrogens is 1. The molecule has 2 aliphatic heterocycles. The Morgan fingerprint density at radius 1 is 1.16 bits per heavy atom. The van der Waals surface area contributed by atoms with Gasteiger partial charge >= 0.3 is 0 Å². The number of nitrogens with one attached hydrogen (secondary N) is 1. The summed E-state index contributed by atoms with van der Waals surface area (Å²) in [4.78, 5) is 29.8. The van der Waals surface area contributed by atoms with E-state index in [9.17, 15) is 14.7 Å². The van der Waals surface area contributed by atoms with E-state index in [1.807, 2.05) is 37.3 Å². The molecule has 0 unspecified atom stereocenters.